The highest BCUT2D eigenvalue weighted by molar-refractivity contribution is 5.94. The molecular weight excluding hydrogens is 308 g/mol. The Bertz CT molecular complexity index is 628. The molecule has 2 aromatic carbocycles. The van der Waals surface area contributed by atoms with Gasteiger partial charge in [0.05, 0.1) is 0 Å². The highest BCUT2D eigenvalue weighted by Gasteiger charge is 2.26. The first-order valence-electron chi connectivity index (χ1n) is 7.88. The molecule has 4 heteroatoms. The minimum absolute atomic E-state index is 0. The van der Waals surface area contributed by atoms with Crippen LogP contribution in [0.1, 0.15) is 27.9 Å². The van der Waals surface area contributed by atoms with Crippen LogP contribution in [-0.4, -0.2) is 23.9 Å². The number of carbonyl (C=O) groups excluding carboxylic acids is 1. The Labute approximate surface area is 143 Å². The van der Waals surface area contributed by atoms with Crippen LogP contribution in [0, 0.1) is 5.92 Å². The van der Waals surface area contributed by atoms with Gasteiger partial charge in [-0.2, -0.15) is 0 Å². The lowest BCUT2D eigenvalue weighted by Crippen LogP contribution is -2.28. The Hall–Kier alpha value is -1.84. The van der Waals surface area contributed by atoms with Crippen molar-refractivity contribution in [2.75, 3.05) is 13.1 Å². The molecule has 0 aliphatic carbocycles. The summed E-state index contributed by atoms with van der Waals surface area (Å²) in [5.41, 5.74) is 8.77. The van der Waals surface area contributed by atoms with E-state index in [2.05, 4.69) is 24.3 Å². The van der Waals surface area contributed by atoms with E-state index in [9.17, 15) is 4.79 Å². The van der Waals surface area contributed by atoms with Gasteiger partial charge in [-0.1, -0.05) is 42.5 Å². The van der Waals surface area contributed by atoms with Crippen molar-refractivity contribution in [1.29, 1.82) is 0 Å². The molecule has 0 saturated carbocycles. The van der Waals surface area contributed by atoms with Crippen molar-refractivity contribution in [3.63, 3.8) is 0 Å². The maximum atomic E-state index is 12.5. The van der Waals surface area contributed by atoms with Gasteiger partial charge in [0.2, 0.25) is 0 Å². The molecule has 1 fully saturated rings. The zero-order chi connectivity index (χ0) is 15.4. The average Bonchev–Trinajstić information content (AvgIpc) is 3.04. The van der Waals surface area contributed by atoms with Crippen LogP contribution in [0.3, 0.4) is 0 Å². The molecule has 23 heavy (non-hydrogen) atoms. The lowest BCUT2D eigenvalue weighted by molar-refractivity contribution is 0.0787. The van der Waals surface area contributed by atoms with Gasteiger partial charge in [0.15, 0.2) is 0 Å². The predicted octanol–water partition coefficient (Wildman–Crippen LogP) is 3.27. The van der Waals surface area contributed by atoms with Crippen LogP contribution in [0.15, 0.2) is 54.6 Å². The minimum Gasteiger partial charge on any atom is -0.338 e. The van der Waals surface area contributed by atoms with Crippen molar-refractivity contribution in [2.24, 2.45) is 11.7 Å². The van der Waals surface area contributed by atoms with E-state index in [4.69, 9.17) is 5.73 Å². The molecule has 0 aromatic heterocycles. The summed E-state index contributed by atoms with van der Waals surface area (Å²) in [5.74, 6) is 0.703. The standard InChI is InChI=1S/C19H22N2O.ClH/c20-13-16-6-8-18(9-7-16)19(22)21-11-10-17(14-21)12-15-4-2-1-3-5-15;/h1-9,17H,10-14,20H2;1H. The first kappa shape index (κ1) is 17.5. The van der Waals surface area contributed by atoms with Crippen LogP contribution in [0.25, 0.3) is 0 Å². The van der Waals surface area contributed by atoms with Gasteiger partial charge in [0, 0.05) is 25.2 Å². The monoisotopic (exact) mass is 330 g/mol. The van der Waals surface area contributed by atoms with E-state index >= 15 is 0 Å². The summed E-state index contributed by atoms with van der Waals surface area (Å²) in [6, 6.07) is 18.2. The lowest BCUT2D eigenvalue weighted by Gasteiger charge is -2.17. The van der Waals surface area contributed by atoms with Gasteiger partial charge in [-0.15, -0.1) is 12.4 Å². The number of hydrogen-bond donors (Lipinski definition) is 1. The zero-order valence-corrected chi connectivity index (χ0v) is 14.0. The summed E-state index contributed by atoms with van der Waals surface area (Å²) in [6.45, 7) is 2.22. The average molecular weight is 331 g/mol. The number of rotatable bonds is 4. The van der Waals surface area contributed by atoms with Crippen LogP contribution >= 0.6 is 12.4 Å². The first-order valence-corrected chi connectivity index (χ1v) is 7.88. The summed E-state index contributed by atoms with van der Waals surface area (Å²) in [6.07, 6.45) is 2.14. The molecule has 2 N–H and O–H groups in total. The molecule has 1 aliphatic heterocycles. The second-order valence-electron chi connectivity index (χ2n) is 6.00. The molecule has 0 bridgehead atoms. The predicted molar refractivity (Wildman–Crippen MR) is 95.7 cm³/mol. The Morgan fingerprint density at radius 2 is 1.74 bits per heavy atom. The van der Waals surface area contributed by atoms with Gasteiger partial charge in [0.25, 0.3) is 5.91 Å². The number of carbonyl (C=O) groups is 1. The highest BCUT2D eigenvalue weighted by atomic mass is 35.5. The largest absolute Gasteiger partial charge is 0.338 e. The number of nitrogens with zero attached hydrogens (tertiary/aromatic N) is 1. The summed E-state index contributed by atoms with van der Waals surface area (Å²) < 4.78 is 0. The molecule has 1 amide bonds. The summed E-state index contributed by atoms with van der Waals surface area (Å²) in [4.78, 5) is 14.5. The zero-order valence-electron chi connectivity index (χ0n) is 13.2. The topological polar surface area (TPSA) is 46.3 Å². The highest BCUT2D eigenvalue weighted by Crippen LogP contribution is 2.22. The van der Waals surface area contributed by atoms with Crippen LogP contribution in [-0.2, 0) is 13.0 Å². The Morgan fingerprint density at radius 3 is 2.39 bits per heavy atom. The molecule has 1 unspecified atom stereocenters. The van der Waals surface area contributed by atoms with E-state index in [0.717, 1.165) is 37.1 Å². The van der Waals surface area contributed by atoms with Crippen molar-refractivity contribution in [1.82, 2.24) is 4.90 Å². The maximum Gasteiger partial charge on any atom is 0.253 e. The van der Waals surface area contributed by atoms with E-state index in [1.165, 1.54) is 5.56 Å². The molecule has 1 heterocycles. The molecule has 3 nitrogen and oxygen atoms in total. The molecule has 3 rings (SSSR count). The molecule has 0 spiro atoms. The molecule has 2 aromatic rings. The SMILES string of the molecule is Cl.NCc1ccc(C(=O)N2CCC(Cc3ccccc3)C2)cc1. The second-order valence-corrected chi connectivity index (χ2v) is 6.00. The van der Waals surface area contributed by atoms with Crippen LogP contribution in [0.2, 0.25) is 0 Å². The summed E-state index contributed by atoms with van der Waals surface area (Å²) in [7, 11) is 0. The van der Waals surface area contributed by atoms with Gasteiger partial charge in [0.1, 0.15) is 0 Å². The Morgan fingerprint density at radius 1 is 1.04 bits per heavy atom. The van der Waals surface area contributed by atoms with Gasteiger partial charge in [-0.05, 0) is 42.0 Å². The molecule has 1 saturated heterocycles. The van der Waals surface area contributed by atoms with E-state index < -0.39 is 0 Å². The van der Waals surface area contributed by atoms with E-state index in [-0.39, 0.29) is 18.3 Å². The molecular formula is C19H23ClN2O. The van der Waals surface area contributed by atoms with Gasteiger partial charge in [-0.25, -0.2) is 0 Å². The fourth-order valence-corrected chi connectivity index (χ4v) is 3.10. The summed E-state index contributed by atoms with van der Waals surface area (Å²) >= 11 is 0. The quantitative estimate of drug-likeness (QED) is 0.935. The van der Waals surface area contributed by atoms with Crippen molar-refractivity contribution in [3.05, 3.63) is 71.3 Å². The fourth-order valence-electron chi connectivity index (χ4n) is 3.10. The van der Waals surface area contributed by atoms with E-state index in [1.807, 2.05) is 35.2 Å². The fraction of sp³-hybridized carbons (Fsp3) is 0.316. The third kappa shape index (κ3) is 4.34. The number of hydrogen-bond acceptors (Lipinski definition) is 2. The van der Waals surface area contributed by atoms with Crippen molar-refractivity contribution in [2.45, 2.75) is 19.4 Å². The third-order valence-corrected chi connectivity index (χ3v) is 4.38. The van der Waals surface area contributed by atoms with Crippen molar-refractivity contribution >= 4 is 18.3 Å². The molecule has 0 radical (unpaired) electrons. The minimum atomic E-state index is 0. The maximum absolute atomic E-state index is 12.5. The van der Waals surface area contributed by atoms with E-state index in [0.29, 0.717) is 12.5 Å². The van der Waals surface area contributed by atoms with Gasteiger partial charge < -0.3 is 10.6 Å². The molecule has 1 aliphatic rings. The lowest BCUT2D eigenvalue weighted by atomic mass is 9.99. The van der Waals surface area contributed by atoms with E-state index in [1.54, 1.807) is 0 Å². The number of halogens is 1. The number of nitrogens with two attached hydrogens (primary N) is 1. The van der Waals surface area contributed by atoms with Crippen LogP contribution in [0.5, 0.6) is 0 Å². The van der Waals surface area contributed by atoms with Gasteiger partial charge >= 0.3 is 0 Å². The second kappa shape index (κ2) is 8.14. The normalized spacial score (nSPS) is 16.9. The number of benzene rings is 2. The Balaban J connectivity index is 0.00000192. The Kier molecular flexibility index (Phi) is 6.20. The molecule has 122 valence electrons. The smallest absolute Gasteiger partial charge is 0.253 e. The van der Waals surface area contributed by atoms with Crippen LogP contribution in [0.4, 0.5) is 0 Å². The third-order valence-electron chi connectivity index (χ3n) is 4.38. The van der Waals surface area contributed by atoms with Crippen molar-refractivity contribution < 1.29 is 4.79 Å². The van der Waals surface area contributed by atoms with Crippen molar-refractivity contribution in [3.8, 4) is 0 Å². The first-order chi connectivity index (χ1) is 10.8. The summed E-state index contributed by atoms with van der Waals surface area (Å²) in [5, 5.41) is 0. The van der Waals surface area contributed by atoms with Gasteiger partial charge in [-0.3, -0.25) is 4.79 Å². The number of amides is 1. The molecule has 1 atom stereocenters. The number of likely N-dealkylation sites (tertiary alicyclic amines) is 1. The van der Waals surface area contributed by atoms with Crippen LogP contribution < -0.4 is 5.73 Å².